The van der Waals surface area contributed by atoms with Crippen LogP contribution in [0, 0.1) is 0 Å². The molecule has 2 fully saturated rings. The van der Waals surface area contributed by atoms with Crippen molar-refractivity contribution in [3.63, 3.8) is 0 Å². The van der Waals surface area contributed by atoms with E-state index in [1.807, 2.05) is 6.07 Å². The number of nitrogens with zero attached hydrogens (tertiary/aromatic N) is 1. The first kappa shape index (κ1) is 17.2. The average Bonchev–Trinajstić information content (AvgIpc) is 2.86. The normalized spacial score (nSPS) is 27.6. The Hall–Kier alpha value is -0.620. The third kappa shape index (κ3) is 3.43. The van der Waals surface area contributed by atoms with Crippen molar-refractivity contribution in [2.45, 2.75) is 68.5 Å². The minimum atomic E-state index is -3.56. The van der Waals surface area contributed by atoms with Gasteiger partial charge in [-0.1, -0.05) is 31.0 Å². The first-order chi connectivity index (χ1) is 10.9. The maximum Gasteiger partial charge on any atom is 0.244 e. The number of aryl methyl sites for hydroxylation is 1. The van der Waals surface area contributed by atoms with Crippen molar-refractivity contribution >= 4 is 21.6 Å². The highest BCUT2D eigenvalue weighted by molar-refractivity contribution is 7.89. The van der Waals surface area contributed by atoms with Gasteiger partial charge in [-0.25, -0.2) is 8.42 Å². The molecule has 1 aromatic rings. The molecule has 2 atom stereocenters. The van der Waals surface area contributed by atoms with Crippen molar-refractivity contribution in [2.75, 3.05) is 7.05 Å². The van der Waals surface area contributed by atoms with E-state index in [9.17, 15) is 8.42 Å². The lowest BCUT2D eigenvalue weighted by Gasteiger charge is -2.35. The Bertz CT molecular complexity index is 665. The number of nitrogens with one attached hydrogen (secondary N) is 1. The average molecular weight is 357 g/mol. The molecule has 2 bridgehead atoms. The van der Waals surface area contributed by atoms with Crippen LogP contribution in [0.15, 0.2) is 23.1 Å². The summed E-state index contributed by atoms with van der Waals surface area (Å²) in [5.41, 5.74) is 1.02. The molecule has 2 aliphatic heterocycles. The standard InChI is InChI=1S/C17H25ClN2O2S/c1-3-4-12-5-8-16(18)17(9-12)23(21,22)20(2)15-10-13-6-7-14(11-15)19-13/h5,8-9,13-15,19H,3-4,6-7,10-11H2,1-2H3. The maximum atomic E-state index is 13.1. The molecule has 2 saturated heterocycles. The monoisotopic (exact) mass is 356 g/mol. The molecule has 2 heterocycles. The summed E-state index contributed by atoms with van der Waals surface area (Å²) in [6, 6.07) is 6.34. The fraction of sp³-hybridized carbons (Fsp3) is 0.647. The molecule has 0 aliphatic carbocycles. The van der Waals surface area contributed by atoms with Crippen LogP contribution in [0.25, 0.3) is 0 Å². The third-order valence-corrected chi connectivity index (χ3v) is 7.55. The minimum absolute atomic E-state index is 0.0599. The van der Waals surface area contributed by atoms with Gasteiger partial charge in [0.25, 0.3) is 0 Å². The second-order valence-corrected chi connectivity index (χ2v) is 9.17. The molecule has 23 heavy (non-hydrogen) atoms. The molecule has 0 spiro atoms. The summed E-state index contributed by atoms with van der Waals surface area (Å²) in [6.07, 6.45) is 5.93. The number of hydrogen-bond acceptors (Lipinski definition) is 3. The molecule has 0 aromatic heterocycles. The van der Waals surface area contributed by atoms with E-state index in [1.165, 1.54) is 0 Å². The van der Waals surface area contributed by atoms with E-state index in [2.05, 4.69) is 12.2 Å². The largest absolute Gasteiger partial charge is 0.311 e. The summed E-state index contributed by atoms with van der Waals surface area (Å²) < 4.78 is 27.7. The van der Waals surface area contributed by atoms with Gasteiger partial charge in [0.05, 0.1) is 5.02 Å². The summed E-state index contributed by atoms with van der Waals surface area (Å²) in [6.45, 7) is 2.08. The summed E-state index contributed by atoms with van der Waals surface area (Å²) >= 11 is 6.22. The van der Waals surface area contributed by atoms with Crippen LogP contribution in [0.4, 0.5) is 0 Å². The topological polar surface area (TPSA) is 49.4 Å². The Kier molecular flexibility index (Phi) is 5.02. The van der Waals surface area contributed by atoms with Crippen LogP contribution in [0.5, 0.6) is 0 Å². The van der Waals surface area contributed by atoms with Gasteiger partial charge in [0.15, 0.2) is 0 Å². The second kappa shape index (κ2) is 6.71. The van der Waals surface area contributed by atoms with Gasteiger partial charge < -0.3 is 5.32 Å². The minimum Gasteiger partial charge on any atom is -0.311 e. The fourth-order valence-electron chi connectivity index (χ4n) is 3.87. The van der Waals surface area contributed by atoms with E-state index in [-0.39, 0.29) is 10.9 Å². The van der Waals surface area contributed by atoms with Gasteiger partial charge >= 0.3 is 0 Å². The smallest absolute Gasteiger partial charge is 0.244 e. The molecule has 0 radical (unpaired) electrons. The lowest BCUT2D eigenvalue weighted by atomic mass is 10.0. The predicted octanol–water partition coefficient (Wildman–Crippen LogP) is 3.20. The maximum absolute atomic E-state index is 13.1. The molecule has 128 valence electrons. The van der Waals surface area contributed by atoms with Crippen LogP contribution < -0.4 is 5.32 Å². The zero-order valence-electron chi connectivity index (χ0n) is 13.8. The van der Waals surface area contributed by atoms with Crippen molar-refractivity contribution in [3.8, 4) is 0 Å². The van der Waals surface area contributed by atoms with Crippen LogP contribution in [-0.4, -0.2) is 37.9 Å². The Morgan fingerprint density at radius 3 is 2.52 bits per heavy atom. The summed E-state index contributed by atoms with van der Waals surface area (Å²) in [4.78, 5) is 0.249. The summed E-state index contributed by atoms with van der Waals surface area (Å²) in [5, 5.41) is 3.87. The number of hydrogen-bond donors (Lipinski definition) is 1. The van der Waals surface area contributed by atoms with Crippen LogP contribution in [0.3, 0.4) is 0 Å². The SMILES string of the molecule is CCCc1ccc(Cl)c(S(=O)(=O)N(C)C2CC3CCC(C2)N3)c1. The van der Waals surface area contributed by atoms with Gasteiger partial charge in [-0.05, 0) is 49.8 Å². The van der Waals surface area contributed by atoms with Crippen molar-refractivity contribution < 1.29 is 8.42 Å². The molecule has 6 heteroatoms. The molecule has 1 aromatic carbocycles. The number of rotatable bonds is 5. The van der Waals surface area contributed by atoms with Crippen LogP contribution in [-0.2, 0) is 16.4 Å². The van der Waals surface area contributed by atoms with Crippen LogP contribution in [0.2, 0.25) is 5.02 Å². The van der Waals surface area contributed by atoms with E-state index < -0.39 is 10.0 Å². The fourth-order valence-corrected chi connectivity index (χ4v) is 5.76. The Labute approximate surface area is 144 Å². The van der Waals surface area contributed by atoms with Crippen molar-refractivity contribution in [1.29, 1.82) is 0 Å². The molecule has 1 N–H and O–H groups in total. The first-order valence-corrected chi connectivity index (χ1v) is 10.3. The number of fused-ring (bicyclic) bond motifs is 2. The van der Waals surface area contributed by atoms with E-state index in [4.69, 9.17) is 11.6 Å². The van der Waals surface area contributed by atoms with Gasteiger partial charge in [0.1, 0.15) is 4.90 Å². The third-order valence-electron chi connectivity index (χ3n) is 5.15. The quantitative estimate of drug-likeness (QED) is 0.881. The highest BCUT2D eigenvalue weighted by Gasteiger charge is 2.39. The van der Waals surface area contributed by atoms with E-state index in [0.717, 1.165) is 44.1 Å². The van der Waals surface area contributed by atoms with Gasteiger partial charge in [-0.3, -0.25) is 0 Å². The van der Waals surface area contributed by atoms with Gasteiger partial charge in [-0.2, -0.15) is 4.31 Å². The molecule has 3 rings (SSSR count). The molecule has 2 aliphatic rings. The summed E-state index contributed by atoms with van der Waals surface area (Å²) in [5.74, 6) is 0. The van der Waals surface area contributed by atoms with Gasteiger partial charge in [0, 0.05) is 25.2 Å². The van der Waals surface area contributed by atoms with Crippen molar-refractivity contribution in [3.05, 3.63) is 28.8 Å². The Balaban J connectivity index is 1.87. The zero-order chi connectivity index (χ0) is 16.6. The molecule has 0 amide bonds. The molecule has 4 nitrogen and oxygen atoms in total. The molecule has 0 saturated carbocycles. The lowest BCUT2D eigenvalue weighted by Crippen LogP contribution is -2.48. The number of sulfonamides is 1. The van der Waals surface area contributed by atoms with E-state index in [1.54, 1.807) is 23.5 Å². The number of piperidine rings is 1. The Morgan fingerprint density at radius 2 is 1.91 bits per heavy atom. The van der Waals surface area contributed by atoms with Gasteiger partial charge in [0.2, 0.25) is 10.0 Å². The zero-order valence-corrected chi connectivity index (χ0v) is 15.3. The summed E-state index contributed by atoms with van der Waals surface area (Å²) in [7, 11) is -1.85. The highest BCUT2D eigenvalue weighted by atomic mass is 35.5. The molecular formula is C17H25ClN2O2S. The predicted molar refractivity (Wildman–Crippen MR) is 93.4 cm³/mol. The lowest BCUT2D eigenvalue weighted by molar-refractivity contribution is 0.251. The highest BCUT2D eigenvalue weighted by Crippen LogP contribution is 2.33. The Morgan fingerprint density at radius 1 is 1.26 bits per heavy atom. The molecular weight excluding hydrogens is 332 g/mol. The van der Waals surface area contributed by atoms with Crippen LogP contribution >= 0.6 is 11.6 Å². The van der Waals surface area contributed by atoms with Crippen molar-refractivity contribution in [2.24, 2.45) is 0 Å². The van der Waals surface area contributed by atoms with Crippen LogP contribution in [0.1, 0.15) is 44.6 Å². The van der Waals surface area contributed by atoms with E-state index >= 15 is 0 Å². The number of benzene rings is 1. The number of halogens is 1. The van der Waals surface area contributed by atoms with E-state index in [0.29, 0.717) is 17.1 Å². The first-order valence-electron chi connectivity index (χ1n) is 8.44. The van der Waals surface area contributed by atoms with Gasteiger partial charge in [-0.15, -0.1) is 0 Å². The van der Waals surface area contributed by atoms with Crippen molar-refractivity contribution in [1.82, 2.24) is 9.62 Å². The second-order valence-electron chi connectivity index (χ2n) is 6.80. The molecule has 2 unspecified atom stereocenters.